The summed E-state index contributed by atoms with van der Waals surface area (Å²) in [6.45, 7) is 6.71. The third-order valence-electron chi connectivity index (χ3n) is 5.41. The van der Waals surface area contributed by atoms with Crippen LogP contribution in [0.3, 0.4) is 0 Å². The summed E-state index contributed by atoms with van der Waals surface area (Å²) in [6.07, 6.45) is 4.27. The maximum absolute atomic E-state index is 4.55. The molecule has 3 aromatic rings. The minimum absolute atomic E-state index is 0.431. The zero-order valence-electron chi connectivity index (χ0n) is 16.0. The normalized spacial score (nSPS) is 17.0. The average Bonchev–Trinajstić information content (AvgIpc) is 2.94. The molecule has 0 bridgehead atoms. The number of fused-ring (bicyclic) bond motifs is 1. The molecule has 0 amide bonds. The van der Waals surface area contributed by atoms with E-state index >= 15 is 0 Å². The Bertz CT molecular complexity index is 1070. The lowest BCUT2D eigenvalue weighted by molar-refractivity contribution is 0.902. The van der Waals surface area contributed by atoms with Crippen molar-refractivity contribution in [3.8, 4) is 0 Å². The van der Waals surface area contributed by atoms with Gasteiger partial charge in [0.2, 0.25) is 0 Å². The van der Waals surface area contributed by atoms with E-state index in [0.29, 0.717) is 5.92 Å². The van der Waals surface area contributed by atoms with Crippen LogP contribution in [0.5, 0.6) is 0 Å². The van der Waals surface area contributed by atoms with Gasteiger partial charge in [-0.15, -0.1) is 0 Å². The lowest BCUT2D eigenvalue weighted by atomic mass is 9.87. The van der Waals surface area contributed by atoms with Gasteiger partial charge in [0.1, 0.15) is 0 Å². The second kappa shape index (κ2) is 7.24. The third kappa shape index (κ3) is 3.31. The van der Waals surface area contributed by atoms with Gasteiger partial charge in [-0.05, 0) is 53.5 Å². The number of nitrogens with zero attached hydrogens (tertiary/aromatic N) is 1. The molecule has 0 fully saturated rings. The summed E-state index contributed by atoms with van der Waals surface area (Å²) in [5, 5.41) is 7.01. The standard InChI is InChI=1S/C25H24N2/c1-17-15-18(2)25(19(17)3)23-14-13-20-9-7-8-12-22(20)24(23)16-26-27-21-10-5-4-6-11-21/h4-16,19,27H,1-3H3/b26-16+. The van der Waals surface area contributed by atoms with Gasteiger partial charge in [0, 0.05) is 11.5 Å². The molecule has 0 heterocycles. The monoisotopic (exact) mass is 352 g/mol. The number of nitrogens with one attached hydrogen (secondary N) is 1. The van der Waals surface area contributed by atoms with Crippen molar-refractivity contribution in [1.82, 2.24) is 0 Å². The summed E-state index contributed by atoms with van der Waals surface area (Å²) >= 11 is 0. The largest absolute Gasteiger partial charge is 0.279 e. The first kappa shape index (κ1) is 17.3. The molecule has 1 N–H and O–H groups in total. The zero-order valence-corrected chi connectivity index (χ0v) is 16.0. The predicted molar refractivity (Wildman–Crippen MR) is 117 cm³/mol. The van der Waals surface area contributed by atoms with Crippen molar-refractivity contribution in [3.63, 3.8) is 0 Å². The lowest BCUT2D eigenvalue weighted by Gasteiger charge is -2.17. The fourth-order valence-corrected chi connectivity index (χ4v) is 3.91. The third-order valence-corrected chi connectivity index (χ3v) is 5.41. The number of anilines is 1. The Kier molecular flexibility index (Phi) is 4.64. The number of hydrogen-bond donors (Lipinski definition) is 1. The summed E-state index contributed by atoms with van der Waals surface area (Å²) in [5.41, 5.74) is 10.7. The Morgan fingerprint density at radius 2 is 1.63 bits per heavy atom. The summed E-state index contributed by atoms with van der Waals surface area (Å²) in [5.74, 6) is 0.431. The van der Waals surface area contributed by atoms with Gasteiger partial charge in [-0.2, -0.15) is 5.10 Å². The van der Waals surface area contributed by atoms with E-state index in [2.05, 4.69) is 73.8 Å². The molecule has 1 unspecified atom stereocenters. The van der Waals surface area contributed by atoms with Gasteiger partial charge in [-0.1, -0.05) is 73.2 Å². The quantitative estimate of drug-likeness (QED) is 0.412. The fourth-order valence-electron chi connectivity index (χ4n) is 3.91. The first-order valence-electron chi connectivity index (χ1n) is 9.40. The number of hydrogen-bond acceptors (Lipinski definition) is 2. The van der Waals surface area contributed by atoms with Gasteiger partial charge in [0.15, 0.2) is 0 Å². The van der Waals surface area contributed by atoms with Gasteiger partial charge in [-0.3, -0.25) is 5.43 Å². The zero-order chi connectivity index (χ0) is 18.8. The van der Waals surface area contributed by atoms with Crippen molar-refractivity contribution in [2.75, 3.05) is 5.43 Å². The topological polar surface area (TPSA) is 24.4 Å². The van der Waals surface area contributed by atoms with Gasteiger partial charge in [0.25, 0.3) is 0 Å². The van der Waals surface area contributed by atoms with Gasteiger partial charge in [0.05, 0.1) is 11.9 Å². The number of hydrazone groups is 1. The Morgan fingerprint density at radius 3 is 2.37 bits per heavy atom. The van der Waals surface area contributed by atoms with Gasteiger partial charge < -0.3 is 0 Å². The van der Waals surface area contributed by atoms with Crippen LogP contribution in [0.1, 0.15) is 31.9 Å². The maximum atomic E-state index is 4.55. The van der Waals surface area contributed by atoms with Crippen LogP contribution in [0.15, 0.2) is 89.1 Å². The smallest absolute Gasteiger partial charge is 0.0561 e. The summed E-state index contributed by atoms with van der Waals surface area (Å²) < 4.78 is 0. The highest BCUT2D eigenvalue weighted by Crippen LogP contribution is 2.40. The van der Waals surface area contributed by atoms with E-state index in [1.807, 2.05) is 36.5 Å². The molecule has 0 aliphatic heterocycles. The first-order chi connectivity index (χ1) is 13.1. The van der Waals surface area contributed by atoms with Crippen LogP contribution in [0.4, 0.5) is 5.69 Å². The van der Waals surface area contributed by atoms with E-state index in [0.717, 1.165) is 5.69 Å². The molecule has 1 aliphatic rings. The van der Waals surface area contributed by atoms with Crippen LogP contribution in [-0.2, 0) is 0 Å². The second-order valence-electron chi connectivity index (χ2n) is 7.19. The maximum Gasteiger partial charge on any atom is 0.0561 e. The highest BCUT2D eigenvalue weighted by atomic mass is 15.3. The van der Waals surface area contributed by atoms with Crippen LogP contribution in [0.25, 0.3) is 16.3 Å². The second-order valence-corrected chi connectivity index (χ2v) is 7.19. The number of benzene rings is 3. The van der Waals surface area contributed by atoms with Crippen molar-refractivity contribution < 1.29 is 0 Å². The van der Waals surface area contributed by atoms with E-state index < -0.39 is 0 Å². The highest BCUT2D eigenvalue weighted by Gasteiger charge is 2.23. The molecule has 27 heavy (non-hydrogen) atoms. The van der Waals surface area contributed by atoms with Crippen molar-refractivity contribution >= 4 is 28.2 Å². The molecule has 1 atom stereocenters. The molecule has 0 aromatic heterocycles. The van der Waals surface area contributed by atoms with E-state index in [9.17, 15) is 0 Å². The Labute approximate surface area is 160 Å². The average molecular weight is 352 g/mol. The summed E-state index contributed by atoms with van der Waals surface area (Å²) in [6, 6.07) is 23.0. The molecule has 0 radical (unpaired) electrons. The Morgan fingerprint density at radius 1 is 0.889 bits per heavy atom. The molecule has 4 rings (SSSR count). The van der Waals surface area contributed by atoms with Crippen molar-refractivity contribution in [1.29, 1.82) is 0 Å². The van der Waals surface area contributed by atoms with Crippen LogP contribution in [-0.4, -0.2) is 6.21 Å². The highest BCUT2D eigenvalue weighted by molar-refractivity contribution is 6.05. The van der Waals surface area contributed by atoms with Gasteiger partial charge in [-0.25, -0.2) is 0 Å². The van der Waals surface area contributed by atoms with Crippen LogP contribution < -0.4 is 5.43 Å². The number of allylic oxidation sites excluding steroid dienone is 4. The lowest BCUT2D eigenvalue weighted by Crippen LogP contribution is -2.02. The summed E-state index contributed by atoms with van der Waals surface area (Å²) in [7, 11) is 0. The Balaban J connectivity index is 1.81. The SMILES string of the molecule is CC1=CC(C)=C(c2ccc3ccccc3c2/C=N/Nc2ccccc2)C1C. The van der Waals surface area contributed by atoms with Crippen LogP contribution >= 0.6 is 0 Å². The van der Waals surface area contributed by atoms with Crippen molar-refractivity contribution in [3.05, 3.63) is 95.1 Å². The predicted octanol–water partition coefficient (Wildman–Crippen LogP) is 6.66. The Hall–Kier alpha value is -3.13. The molecule has 3 aromatic carbocycles. The minimum atomic E-state index is 0.431. The molecule has 2 nitrogen and oxygen atoms in total. The van der Waals surface area contributed by atoms with E-state index in [1.165, 1.54) is 38.6 Å². The van der Waals surface area contributed by atoms with E-state index in [-0.39, 0.29) is 0 Å². The molecule has 2 heteroatoms. The number of para-hydroxylation sites is 1. The first-order valence-corrected chi connectivity index (χ1v) is 9.40. The molecule has 1 aliphatic carbocycles. The van der Waals surface area contributed by atoms with Crippen molar-refractivity contribution in [2.45, 2.75) is 20.8 Å². The molecule has 134 valence electrons. The van der Waals surface area contributed by atoms with Crippen LogP contribution in [0, 0.1) is 5.92 Å². The molecule has 0 saturated carbocycles. The fraction of sp³-hybridized carbons (Fsp3) is 0.160. The molecular formula is C25H24N2. The number of rotatable bonds is 4. The summed E-state index contributed by atoms with van der Waals surface area (Å²) in [4.78, 5) is 0. The minimum Gasteiger partial charge on any atom is -0.279 e. The van der Waals surface area contributed by atoms with Crippen molar-refractivity contribution in [2.24, 2.45) is 11.0 Å². The van der Waals surface area contributed by atoms with Gasteiger partial charge >= 0.3 is 0 Å². The van der Waals surface area contributed by atoms with E-state index in [4.69, 9.17) is 0 Å². The van der Waals surface area contributed by atoms with Crippen LogP contribution in [0.2, 0.25) is 0 Å². The molecule has 0 spiro atoms. The molecule has 0 saturated heterocycles. The molecular weight excluding hydrogens is 328 g/mol. The van der Waals surface area contributed by atoms with E-state index in [1.54, 1.807) is 0 Å².